The van der Waals surface area contributed by atoms with Crippen molar-refractivity contribution >= 4 is 0 Å². The number of ether oxygens (including phenoxy) is 2. The van der Waals surface area contributed by atoms with E-state index in [0.29, 0.717) is 6.61 Å². The minimum atomic E-state index is 0.697. The van der Waals surface area contributed by atoms with Gasteiger partial charge in [-0.3, -0.25) is 0 Å². The first-order chi connectivity index (χ1) is 16.3. The molecule has 2 rings (SSSR count). The fraction of sp³-hybridized carbons (Fsp3) is 0.586. The van der Waals surface area contributed by atoms with Crippen molar-refractivity contribution in [2.45, 2.75) is 90.9 Å². The van der Waals surface area contributed by atoms with Crippen LogP contribution < -0.4 is 4.74 Å². The van der Waals surface area contributed by atoms with E-state index in [0.717, 1.165) is 62.5 Å². The van der Waals surface area contributed by atoms with Gasteiger partial charge in [-0.15, -0.1) is 0 Å². The van der Waals surface area contributed by atoms with E-state index in [9.17, 15) is 0 Å². The SMILES string of the molecule is CCCCCCC=CCCCOc1cnc(-c2ccc(CCCCCOCCC)cc2)nc1. The van der Waals surface area contributed by atoms with Crippen molar-refractivity contribution in [3.05, 3.63) is 54.4 Å². The number of nitrogens with zero attached hydrogens (tertiary/aromatic N) is 2. The molecule has 4 heteroatoms. The molecule has 0 atom stereocenters. The lowest BCUT2D eigenvalue weighted by molar-refractivity contribution is 0.130. The zero-order valence-corrected chi connectivity index (χ0v) is 20.9. The standard InChI is InChI=1S/C29H44N2O2/c1-3-5-6-7-8-9-10-11-15-23-33-28-24-30-29(31-25-28)27-19-17-26(18-20-27)16-13-12-14-22-32-21-4-2/h9-10,17-20,24-25H,3-8,11-16,21-23H2,1-2H3. The van der Waals surface area contributed by atoms with Gasteiger partial charge in [0.15, 0.2) is 11.6 Å². The second kappa shape index (κ2) is 18.3. The first-order valence-corrected chi connectivity index (χ1v) is 13.1. The number of aromatic nitrogens is 2. The van der Waals surface area contributed by atoms with Gasteiger partial charge in [0.05, 0.1) is 19.0 Å². The highest BCUT2D eigenvalue weighted by atomic mass is 16.5. The van der Waals surface area contributed by atoms with Gasteiger partial charge in [-0.25, -0.2) is 9.97 Å². The molecule has 0 aliphatic heterocycles. The van der Waals surface area contributed by atoms with Crippen LogP contribution in [-0.2, 0) is 11.2 Å². The summed E-state index contributed by atoms with van der Waals surface area (Å²) in [6, 6.07) is 8.61. The maximum atomic E-state index is 5.79. The Balaban J connectivity index is 1.61. The summed E-state index contributed by atoms with van der Waals surface area (Å²) >= 11 is 0. The maximum absolute atomic E-state index is 5.79. The number of allylic oxidation sites excluding steroid dienone is 2. The van der Waals surface area contributed by atoms with Crippen molar-refractivity contribution in [3.8, 4) is 17.1 Å². The van der Waals surface area contributed by atoms with E-state index in [2.05, 4.69) is 60.2 Å². The lowest BCUT2D eigenvalue weighted by Crippen LogP contribution is -1.98. The van der Waals surface area contributed by atoms with Crippen LogP contribution in [0.25, 0.3) is 11.4 Å². The van der Waals surface area contributed by atoms with E-state index >= 15 is 0 Å². The molecular formula is C29H44N2O2. The van der Waals surface area contributed by atoms with E-state index in [1.54, 1.807) is 12.4 Å². The Morgan fingerprint density at radius 1 is 0.697 bits per heavy atom. The maximum Gasteiger partial charge on any atom is 0.159 e. The zero-order valence-electron chi connectivity index (χ0n) is 20.9. The lowest BCUT2D eigenvalue weighted by atomic mass is 10.0. The smallest absolute Gasteiger partial charge is 0.159 e. The van der Waals surface area contributed by atoms with Crippen molar-refractivity contribution in [1.29, 1.82) is 0 Å². The number of hydrogen-bond donors (Lipinski definition) is 0. The summed E-state index contributed by atoms with van der Waals surface area (Å²) in [5.41, 5.74) is 2.41. The largest absolute Gasteiger partial charge is 0.490 e. The summed E-state index contributed by atoms with van der Waals surface area (Å²) in [5, 5.41) is 0. The Hall–Kier alpha value is -2.20. The molecule has 0 spiro atoms. The van der Waals surface area contributed by atoms with Crippen LogP contribution in [0.15, 0.2) is 48.8 Å². The normalized spacial score (nSPS) is 11.3. The molecule has 0 unspecified atom stereocenters. The zero-order chi connectivity index (χ0) is 23.4. The number of rotatable bonds is 19. The fourth-order valence-corrected chi connectivity index (χ4v) is 3.63. The summed E-state index contributed by atoms with van der Waals surface area (Å²) in [6.45, 7) is 6.87. The molecule has 0 radical (unpaired) electrons. The molecule has 0 aliphatic carbocycles. The summed E-state index contributed by atoms with van der Waals surface area (Å²) < 4.78 is 11.3. The van der Waals surface area contributed by atoms with Crippen molar-refractivity contribution in [3.63, 3.8) is 0 Å². The first-order valence-electron chi connectivity index (χ1n) is 13.1. The van der Waals surface area contributed by atoms with Gasteiger partial charge < -0.3 is 9.47 Å². The monoisotopic (exact) mass is 452 g/mol. The number of aryl methyl sites for hydroxylation is 1. The van der Waals surface area contributed by atoms with Gasteiger partial charge in [-0.05, 0) is 56.9 Å². The second-order valence-electron chi connectivity index (χ2n) is 8.67. The molecule has 2 aromatic rings. The van der Waals surface area contributed by atoms with Crippen LogP contribution in [0.1, 0.15) is 90.0 Å². The minimum absolute atomic E-state index is 0.697. The van der Waals surface area contributed by atoms with E-state index in [4.69, 9.17) is 9.47 Å². The third kappa shape index (κ3) is 12.6. The highest BCUT2D eigenvalue weighted by molar-refractivity contribution is 5.55. The Bertz CT molecular complexity index is 741. The van der Waals surface area contributed by atoms with E-state index in [-0.39, 0.29) is 0 Å². The van der Waals surface area contributed by atoms with Crippen molar-refractivity contribution in [2.75, 3.05) is 19.8 Å². The van der Waals surface area contributed by atoms with Gasteiger partial charge >= 0.3 is 0 Å². The molecular weight excluding hydrogens is 408 g/mol. The predicted octanol–water partition coefficient (Wildman–Crippen LogP) is 7.97. The van der Waals surface area contributed by atoms with Gasteiger partial charge in [0.2, 0.25) is 0 Å². The molecule has 0 aliphatic rings. The van der Waals surface area contributed by atoms with Crippen molar-refractivity contribution < 1.29 is 9.47 Å². The highest BCUT2D eigenvalue weighted by Gasteiger charge is 2.03. The third-order valence-corrected chi connectivity index (χ3v) is 5.62. The average molecular weight is 453 g/mol. The van der Waals surface area contributed by atoms with Gasteiger partial charge in [0.25, 0.3) is 0 Å². The van der Waals surface area contributed by atoms with Crippen LogP contribution in [-0.4, -0.2) is 29.8 Å². The van der Waals surface area contributed by atoms with Crippen LogP contribution in [0.4, 0.5) is 0 Å². The Morgan fingerprint density at radius 2 is 1.42 bits per heavy atom. The fourth-order valence-electron chi connectivity index (χ4n) is 3.63. The summed E-state index contributed by atoms with van der Waals surface area (Å²) in [7, 11) is 0. The molecule has 4 nitrogen and oxygen atoms in total. The average Bonchev–Trinajstić information content (AvgIpc) is 2.85. The van der Waals surface area contributed by atoms with Crippen molar-refractivity contribution in [2.24, 2.45) is 0 Å². The van der Waals surface area contributed by atoms with Gasteiger partial charge in [0.1, 0.15) is 0 Å². The predicted molar refractivity (Wildman–Crippen MR) is 139 cm³/mol. The quantitative estimate of drug-likeness (QED) is 0.160. The van der Waals surface area contributed by atoms with E-state index in [1.165, 1.54) is 50.5 Å². The van der Waals surface area contributed by atoms with E-state index in [1.807, 2.05) is 0 Å². The van der Waals surface area contributed by atoms with Crippen LogP contribution >= 0.6 is 0 Å². The molecule has 0 fully saturated rings. The topological polar surface area (TPSA) is 44.2 Å². The Labute approximate surface area is 201 Å². The van der Waals surface area contributed by atoms with Crippen LogP contribution in [0, 0.1) is 0 Å². The summed E-state index contributed by atoms with van der Waals surface area (Å²) in [5.74, 6) is 1.48. The Kier molecular flexibility index (Phi) is 15.0. The van der Waals surface area contributed by atoms with Gasteiger partial charge in [-0.1, -0.05) is 75.9 Å². The van der Waals surface area contributed by atoms with Crippen LogP contribution in [0.5, 0.6) is 5.75 Å². The summed E-state index contributed by atoms with van der Waals surface area (Å²) in [4.78, 5) is 8.98. The molecule has 0 saturated heterocycles. The number of unbranched alkanes of at least 4 members (excludes halogenated alkanes) is 7. The number of benzene rings is 1. The molecule has 33 heavy (non-hydrogen) atoms. The van der Waals surface area contributed by atoms with E-state index < -0.39 is 0 Å². The lowest BCUT2D eigenvalue weighted by Gasteiger charge is -2.07. The molecule has 0 bridgehead atoms. The molecule has 0 N–H and O–H groups in total. The number of hydrogen-bond acceptors (Lipinski definition) is 4. The third-order valence-electron chi connectivity index (χ3n) is 5.62. The Morgan fingerprint density at radius 3 is 2.15 bits per heavy atom. The van der Waals surface area contributed by atoms with Crippen molar-refractivity contribution in [1.82, 2.24) is 9.97 Å². The molecule has 1 aromatic heterocycles. The molecule has 182 valence electrons. The molecule has 1 heterocycles. The second-order valence-corrected chi connectivity index (χ2v) is 8.67. The van der Waals surface area contributed by atoms with Gasteiger partial charge in [-0.2, -0.15) is 0 Å². The molecule has 0 amide bonds. The summed E-state index contributed by atoms with van der Waals surface area (Å²) in [6.07, 6.45) is 22.5. The molecule has 1 aromatic carbocycles. The van der Waals surface area contributed by atoms with Gasteiger partial charge in [0, 0.05) is 18.8 Å². The van der Waals surface area contributed by atoms with Crippen LogP contribution in [0.3, 0.4) is 0 Å². The first kappa shape index (κ1) is 27.0. The molecule has 0 saturated carbocycles. The highest BCUT2D eigenvalue weighted by Crippen LogP contribution is 2.18. The minimum Gasteiger partial charge on any atom is -0.490 e. The van der Waals surface area contributed by atoms with Crippen LogP contribution in [0.2, 0.25) is 0 Å².